The number of nitrogens with zero attached hydrogens (tertiary/aromatic N) is 1. The van der Waals surface area contributed by atoms with Gasteiger partial charge in [0.15, 0.2) is 0 Å². The van der Waals surface area contributed by atoms with E-state index in [1.807, 2.05) is 4.40 Å². The molecule has 0 fully saturated rings. The third-order valence-electron chi connectivity index (χ3n) is 0.999. The van der Waals surface area contributed by atoms with Crippen LogP contribution in [0.2, 0.25) is 0 Å². The zero-order valence-corrected chi connectivity index (χ0v) is 7.89. The summed E-state index contributed by atoms with van der Waals surface area (Å²) >= 11 is 0. The predicted octanol–water partition coefficient (Wildman–Crippen LogP) is 0.561. The van der Waals surface area contributed by atoms with Crippen LogP contribution >= 0.6 is 0 Å². The van der Waals surface area contributed by atoms with Crippen LogP contribution in [0, 0.1) is 0 Å². The van der Waals surface area contributed by atoms with Crippen molar-refractivity contribution in [3.8, 4) is 0 Å². The summed E-state index contributed by atoms with van der Waals surface area (Å²) in [5.41, 5.74) is -5.53. The Kier molecular flexibility index (Phi) is 4.11. The van der Waals surface area contributed by atoms with E-state index >= 15 is 0 Å². The fourth-order valence-corrected chi connectivity index (χ4v) is 0.821. The number of hydrogen-bond donors (Lipinski definition) is 0. The minimum absolute atomic E-state index is 0.396. The van der Waals surface area contributed by atoms with Crippen LogP contribution in [0.5, 0.6) is 0 Å². The van der Waals surface area contributed by atoms with Crippen LogP contribution in [0.3, 0.4) is 0 Å². The van der Waals surface area contributed by atoms with Gasteiger partial charge in [-0.25, -0.2) is 0 Å². The van der Waals surface area contributed by atoms with Crippen molar-refractivity contribution >= 4 is 15.9 Å². The second-order valence-corrected chi connectivity index (χ2v) is 3.76. The third-order valence-corrected chi connectivity index (χ3v) is 2.00. The zero-order chi connectivity index (χ0) is 11.4. The molecule has 0 heterocycles. The Morgan fingerprint density at radius 3 is 2.36 bits per heavy atom. The number of alkyl halides is 3. The maximum absolute atomic E-state index is 11.7. The molecule has 0 radical (unpaired) electrons. The lowest BCUT2D eigenvalue weighted by molar-refractivity contribution is -0.211. The largest absolute Gasteiger partial charge is 0.858 e. The van der Waals surface area contributed by atoms with Crippen LogP contribution in [0.1, 0.15) is 13.3 Å². The van der Waals surface area contributed by atoms with Gasteiger partial charge < -0.3 is 5.11 Å². The van der Waals surface area contributed by atoms with E-state index in [0.717, 1.165) is 0 Å². The van der Waals surface area contributed by atoms with E-state index in [-0.39, 0.29) is 0 Å². The SMILES string of the molecule is CC/C=C/C([O-])=N/S(=O)(=O)C(F)(F)F. The molecule has 0 aromatic rings. The quantitative estimate of drug-likeness (QED) is 0.525. The summed E-state index contributed by atoms with van der Waals surface area (Å²) in [6.45, 7) is 1.63. The topological polar surface area (TPSA) is 69.6 Å². The lowest BCUT2D eigenvalue weighted by Crippen LogP contribution is -2.25. The summed E-state index contributed by atoms with van der Waals surface area (Å²) in [6.07, 6.45) is 2.27. The molecule has 0 aromatic carbocycles. The van der Waals surface area contributed by atoms with E-state index in [1.165, 1.54) is 6.08 Å². The van der Waals surface area contributed by atoms with Crippen LogP contribution in [-0.4, -0.2) is 19.8 Å². The molecule has 0 aliphatic rings. The highest BCUT2D eigenvalue weighted by Gasteiger charge is 2.45. The molecule has 14 heavy (non-hydrogen) atoms. The Morgan fingerprint density at radius 2 is 2.00 bits per heavy atom. The Hall–Kier alpha value is -1.05. The normalized spacial score (nSPS) is 15.0. The minimum atomic E-state index is -5.70. The molecule has 0 saturated heterocycles. The van der Waals surface area contributed by atoms with Crippen molar-refractivity contribution in [3.05, 3.63) is 12.2 Å². The molecule has 0 rings (SSSR count). The van der Waals surface area contributed by atoms with Crippen molar-refractivity contribution in [3.63, 3.8) is 0 Å². The zero-order valence-electron chi connectivity index (χ0n) is 7.08. The maximum Gasteiger partial charge on any atom is 0.518 e. The minimum Gasteiger partial charge on any atom is -0.858 e. The number of halogens is 3. The molecule has 0 aliphatic carbocycles. The summed E-state index contributed by atoms with van der Waals surface area (Å²) in [5.74, 6) is -1.44. The second-order valence-electron chi connectivity index (χ2n) is 2.16. The van der Waals surface area contributed by atoms with Gasteiger partial charge in [-0.1, -0.05) is 19.1 Å². The van der Waals surface area contributed by atoms with Gasteiger partial charge in [0, 0.05) is 5.90 Å². The first-order valence-electron chi connectivity index (χ1n) is 3.45. The van der Waals surface area contributed by atoms with E-state index in [4.69, 9.17) is 0 Å². The molecule has 0 amide bonds. The lowest BCUT2D eigenvalue weighted by Gasteiger charge is -2.07. The molecule has 82 valence electrons. The number of rotatable bonds is 3. The Balaban J connectivity index is 4.92. The molecule has 0 N–H and O–H groups in total. The predicted molar refractivity (Wildman–Crippen MR) is 41.8 cm³/mol. The van der Waals surface area contributed by atoms with Gasteiger partial charge in [-0.15, -0.1) is 0 Å². The molecule has 0 aliphatic heterocycles. The molecule has 8 heteroatoms. The van der Waals surface area contributed by atoms with E-state index in [9.17, 15) is 26.7 Å². The van der Waals surface area contributed by atoms with Crippen LogP contribution in [-0.2, 0) is 10.0 Å². The van der Waals surface area contributed by atoms with Gasteiger partial charge in [-0.3, -0.25) is 0 Å². The number of hydrogen-bond acceptors (Lipinski definition) is 3. The Labute approximate surface area is 78.8 Å². The summed E-state index contributed by atoms with van der Waals surface area (Å²) in [7, 11) is -5.70. The summed E-state index contributed by atoms with van der Waals surface area (Å²) in [4.78, 5) is 0. The van der Waals surface area contributed by atoms with Gasteiger partial charge in [0.1, 0.15) is 0 Å². The first-order chi connectivity index (χ1) is 6.20. The van der Waals surface area contributed by atoms with Crippen molar-refractivity contribution in [2.24, 2.45) is 4.40 Å². The Bertz CT molecular complexity index is 342. The van der Waals surface area contributed by atoms with E-state index in [2.05, 4.69) is 0 Å². The standard InChI is InChI=1S/C6H8F3NO3S/c1-2-3-4-5(11)10-14(12,13)6(7,8)9/h3-4H,2H2,1H3,(H,10,11)/p-1/b4-3+. The summed E-state index contributed by atoms with van der Waals surface area (Å²) < 4.78 is 57.6. The first kappa shape index (κ1) is 12.9. The Morgan fingerprint density at radius 1 is 1.50 bits per heavy atom. The number of sulfonamides is 1. The molecule has 0 saturated carbocycles. The fourth-order valence-electron chi connectivity index (χ4n) is 0.419. The monoisotopic (exact) mass is 230 g/mol. The lowest BCUT2D eigenvalue weighted by atomic mass is 10.4. The van der Waals surface area contributed by atoms with Gasteiger partial charge in [0.25, 0.3) is 0 Å². The average Bonchev–Trinajstić information content (AvgIpc) is 1.97. The summed E-state index contributed by atoms with van der Waals surface area (Å²) in [6, 6.07) is 0. The fraction of sp³-hybridized carbons (Fsp3) is 0.500. The molecule has 0 spiro atoms. The summed E-state index contributed by atoms with van der Waals surface area (Å²) in [5, 5.41) is 10.5. The van der Waals surface area contributed by atoms with Crippen LogP contribution in [0.15, 0.2) is 16.5 Å². The highest BCUT2D eigenvalue weighted by atomic mass is 32.2. The van der Waals surface area contributed by atoms with Gasteiger partial charge in [-0.05, 0) is 6.42 Å². The molecule has 0 atom stereocenters. The van der Waals surface area contributed by atoms with Crippen molar-refractivity contribution < 1.29 is 26.7 Å². The molecule has 0 unspecified atom stereocenters. The molecular formula is C6H7F3NO3S-. The molecule has 0 bridgehead atoms. The van der Waals surface area contributed by atoms with Gasteiger partial charge >= 0.3 is 15.5 Å². The van der Waals surface area contributed by atoms with Gasteiger partial charge in [0.05, 0.1) is 0 Å². The number of allylic oxidation sites excluding steroid dienone is 1. The van der Waals surface area contributed by atoms with Crippen LogP contribution in [0.25, 0.3) is 0 Å². The average molecular weight is 230 g/mol. The molecule has 0 aromatic heterocycles. The van der Waals surface area contributed by atoms with Crippen molar-refractivity contribution in [2.45, 2.75) is 18.9 Å². The first-order valence-corrected chi connectivity index (χ1v) is 4.89. The molecule has 4 nitrogen and oxygen atoms in total. The third kappa shape index (κ3) is 3.77. The highest BCUT2D eigenvalue weighted by molar-refractivity contribution is 7.91. The second kappa shape index (κ2) is 4.45. The van der Waals surface area contributed by atoms with Gasteiger partial charge in [0.2, 0.25) is 0 Å². The smallest absolute Gasteiger partial charge is 0.518 e. The van der Waals surface area contributed by atoms with E-state index < -0.39 is 21.4 Å². The van der Waals surface area contributed by atoms with Crippen molar-refractivity contribution in [2.75, 3.05) is 0 Å². The maximum atomic E-state index is 11.7. The van der Waals surface area contributed by atoms with E-state index in [0.29, 0.717) is 12.5 Å². The van der Waals surface area contributed by atoms with Crippen molar-refractivity contribution in [1.29, 1.82) is 0 Å². The van der Waals surface area contributed by atoms with Gasteiger partial charge in [-0.2, -0.15) is 26.0 Å². The highest BCUT2D eigenvalue weighted by Crippen LogP contribution is 2.24. The van der Waals surface area contributed by atoms with Crippen LogP contribution < -0.4 is 5.11 Å². The molecular weight excluding hydrogens is 223 g/mol. The van der Waals surface area contributed by atoms with Crippen molar-refractivity contribution in [1.82, 2.24) is 0 Å². The van der Waals surface area contributed by atoms with Crippen LogP contribution in [0.4, 0.5) is 13.2 Å². The van der Waals surface area contributed by atoms with E-state index in [1.54, 1.807) is 6.92 Å².